The van der Waals surface area contributed by atoms with Crippen LogP contribution in [0, 0.1) is 11.3 Å². The summed E-state index contributed by atoms with van der Waals surface area (Å²) < 4.78 is 5.36. The third-order valence-electron chi connectivity index (χ3n) is 3.29. The van der Waals surface area contributed by atoms with Gasteiger partial charge in [-0.15, -0.1) is 0 Å². The number of furan rings is 1. The van der Waals surface area contributed by atoms with Crippen LogP contribution < -0.4 is 0 Å². The van der Waals surface area contributed by atoms with Crippen molar-refractivity contribution >= 4 is 11.0 Å². The second kappa shape index (κ2) is 3.68. The van der Waals surface area contributed by atoms with Gasteiger partial charge in [-0.05, 0) is 29.5 Å². The lowest BCUT2D eigenvalue weighted by molar-refractivity contribution is 0.506. The molecule has 0 atom stereocenters. The molecule has 2 aromatic rings. The van der Waals surface area contributed by atoms with Gasteiger partial charge in [0.05, 0.1) is 0 Å². The Hall–Kier alpha value is -1.75. The van der Waals surface area contributed by atoms with Gasteiger partial charge in [0, 0.05) is 11.5 Å². The van der Waals surface area contributed by atoms with Gasteiger partial charge in [0.25, 0.3) is 0 Å². The first-order chi connectivity index (χ1) is 7.56. The summed E-state index contributed by atoms with van der Waals surface area (Å²) in [5.41, 5.74) is 2.23. The molecule has 0 amide bonds. The largest absolute Gasteiger partial charge is 0.446 e. The molecule has 0 spiro atoms. The Balaban J connectivity index is 2.56. The van der Waals surface area contributed by atoms with Crippen molar-refractivity contribution in [3.05, 3.63) is 35.6 Å². The summed E-state index contributed by atoms with van der Waals surface area (Å²) in [7, 11) is 0. The highest BCUT2D eigenvalue weighted by Crippen LogP contribution is 2.30. The molecular weight excluding hydrogens is 198 g/mol. The van der Waals surface area contributed by atoms with Crippen LogP contribution >= 0.6 is 0 Å². The molecule has 0 aliphatic carbocycles. The third kappa shape index (κ3) is 1.69. The van der Waals surface area contributed by atoms with Crippen LogP contribution in [0.3, 0.4) is 0 Å². The molecule has 2 heteroatoms. The van der Waals surface area contributed by atoms with Gasteiger partial charge in [0.2, 0.25) is 5.76 Å². The fourth-order valence-corrected chi connectivity index (χ4v) is 1.72. The van der Waals surface area contributed by atoms with E-state index in [0.717, 1.165) is 17.4 Å². The standard InChI is InChI=1S/C14H15NO/c1-4-14(2,3)11-5-6-13-10(7-11)8-12(9-15)16-13/h5-8H,4H2,1-3H3. The number of hydrogen-bond donors (Lipinski definition) is 0. The van der Waals surface area contributed by atoms with Crippen LogP contribution in [0.5, 0.6) is 0 Å². The predicted octanol–water partition coefficient (Wildman–Crippen LogP) is 3.99. The minimum atomic E-state index is 0.165. The van der Waals surface area contributed by atoms with Crippen molar-refractivity contribution in [1.82, 2.24) is 0 Å². The van der Waals surface area contributed by atoms with Gasteiger partial charge in [0.1, 0.15) is 11.7 Å². The summed E-state index contributed by atoms with van der Waals surface area (Å²) in [6.45, 7) is 6.62. The fraction of sp³-hybridized carbons (Fsp3) is 0.357. The summed E-state index contributed by atoms with van der Waals surface area (Å²) in [5, 5.41) is 9.78. The number of hydrogen-bond acceptors (Lipinski definition) is 2. The average Bonchev–Trinajstić information content (AvgIpc) is 2.70. The van der Waals surface area contributed by atoms with Crippen molar-refractivity contribution < 1.29 is 4.42 Å². The quantitative estimate of drug-likeness (QED) is 0.756. The first-order valence-corrected chi connectivity index (χ1v) is 5.51. The molecule has 0 saturated heterocycles. The maximum absolute atomic E-state index is 8.77. The maximum Gasteiger partial charge on any atom is 0.204 e. The highest BCUT2D eigenvalue weighted by molar-refractivity contribution is 5.79. The van der Waals surface area contributed by atoms with E-state index < -0.39 is 0 Å². The van der Waals surface area contributed by atoms with Gasteiger partial charge in [-0.2, -0.15) is 5.26 Å². The van der Waals surface area contributed by atoms with Gasteiger partial charge in [-0.1, -0.05) is 26.8 Å². The van der Waals surface area contributed by atoms with Crippen molar-refractivity contribution in [1.29, 1.82) is 5.26 Å². The molecule has 0 radical (unpaired) electrons. The van der Waals surface area contributed by atoms with Crippen LogP contribution in [0.1, 0.15) is 38.5 Å². The number of nitriles is 1. The zero-order valence-corrected chi connectivity index (χ0v) is 9.87. The van der Waals surface area contributed by atoms with Crippen LogP contribution in [0.2, 0.25) is 0 Å². The van der Waals surface area contributed by atoms with Crippen molar-refractivity contribution in [3.63, 3.8) is 0 Å². The van der Waals surface area contributed by atoms with E-state index in [0.29, 0.717) is 5.76 Å². The lowest BCUT2D eigenvalue weighted by Crippen LogP contribution is -2.14. The Labute approximate surface area is 95.5 Å². The molecule has 0 unspecified atom stereocenters. The smallest absolute Gasteiger partial charge is 0.204 e. The topological polar surface area (TPSA) is 36.9 Å². The number of nitrogens with zero attached hydrogens (tertiary/aromatic N) is 1. The van der Waals surface area contributed by atoms with Gasteiger partial charge in [-0.3, -0.25) is 0 Å². The van der Waals surface area contributed by atoms with Gasteiger partial charge in [-0.25, -0.2) is 0 Å². The lowest BCUT2D eigenvalue weighted by atomic mass is 9.82. The highest BCUT2D eigenvalue weighted by atomic mass is 16.3. The minimum Gasteiger partial charge on any atom is -0.446 e. The van der Waals surface area contributed by atoms with E-state index in [1.807, 2.05) is 12.1 Å². The van der Waals surface area contributed by atoms with Crippen LogP contribution in [0.15, 0.2) is 28.7 Å². The van der Waals surface area contributed by atoms with E-state index in [9.17, 15) is 0 Å². The molecule has 82 valence electrons. The summed E-state index contributed by atoms with van der Waals surface area (Å²) in [5.74, 6) is 0.376. The number of benzene rings is 1. The molecule has 1 aromatic carbocycles. The van der Waals surface area contributed by atoms with E-state index in [2.05, 4.69) is 32.9 Å². The van der Waals surface area contributed by atoms with Crippen molar-refractivity contribution in [2.75, 3.05) is 0 Å². The van der Waals surface area contributed by atoms with Crippen LogP contribution in [0.25, 0.3) is 11.0 Å². The predicted molar refractivity (Wildman–Crippen MR) is 64.2 cm³/mol. The van der Waals surface area contributed by atoms with E-state index in [-0.39, 0.29) is 5.41 Å². The van der Waals surface area contributed by atoms with Gasteiger partial charge in [0.15, 0.2) is 0 Å². The molecule has 1 aromatic heterocycles. The van der Waals surface area contributed by atoms with Crippen LogP contribution in [-0.4, -0.2) is 0 Å². The summed E-state index contributed by atoms with van der Waals surface area (Å²) in [4.78, 5) is 0. The zero-order valence-electron chi connectivity index (χ0n) is 9.87. The SMILES string of the molecule is CCC(C)(C)c1ccc2oc(C#N)cc2c1. The lowest BCUT2D eigenvalue weighted by Gasteiger charge is -2.23. The molecule has 0 aliphatic rings. The average molecular weight is 213 g/mol. The molecule has 0 aliphatic heterocycles. The zero-order chi connectivity index (χ0) is 11.8. The Morgan fingerprint density at radius 3 is 2.69 bits per heavy atom. The summed E-state index contributed by atoms with van der Waals surface area (Å²) in [6, 6.07) is 9.96. The maximum atomic E-state index is 8.77. The second-order valence-electron chi connectivity index (χ2n) is 4.71. The molecule has 0 bridgehead atoms. The number of rotatable bonds is 2. The van der Waals surface area contributed by atoms with Crippen molar-refractivity contribution in [2.45, 2.75) is 32.6 Å². The molecule has 2 rings (SSSR count). The minimum absolute atomic E-state index is 0.165. The van der Waals surface area contributed by atoms with Gasteiger partial charge < -0.3 is 4.42 Å². The molecule has 1 heterocycles. The molecule has 0 N–H and O–H groups in total. The normalized spacial score (nSPS) is 11.6. The fourth-order valence-electron chi connectivity index (χ4n) is 1.72. The van der Waals surface area contributed by atoms with E-state index in [1.165, 1.54) is 5.56 Å². The van der Waals surface area contributed by atoms with E-state index >= 15 is 0 Å². The second-order valence-corrected chi connectivity index (χ2v) is 4.71. The molecule has 0 saturated carbocycles. The monoisotopic (exact) mass is 213 g/mol. The number of fused-ring (bicyclic) bond motifs is 1. The van der Waals surface area contributed by atoms with Gasteiger partial charge >= 0.3 is 0 Å². The van der Waals surface area contributed by atoms with Crippen molar-refractivity contribution in [3.8, 4) is 6.07 Å². The Kier molecular flexibility index (Phi) is 2.47. The Morgan fingerprint density at radius 1 is 1.31 bits per heavy atom. The summed E-state index contributed by atoms with van der Waals surface area (Å²) in [6.07, 6.45) is 1.08. The molecule has 16 heavy (non-hydrogen) atoms. The third-order valence-corrected chi connectivity index (χ3v) is 3.29. The molecule has 0 fully saturated rings. The van der Waals surface area contributed by atoms with E-state index in [1.54, 1.807) is 6.07 Å². The van der Waals surface area contributed by atoms with Crippen LogP contribution in [0.4, 0.5) is 0 Å². The Bertz CT molecular complexity index is 558. The molecule has 2 nitrogen and oxygen atoms in total. The molecular formula is C14H15NO. The van der Waals surface area contributed by atoms with Crippen LogP contribution in [-0.2, 0) is 5.41 Å². The first kappa shape index (κ1) is 10.8. The summed E-state index contributed by atoms with van der Waals surface area (Å²) >= 11 is 0. The highest BCUT2D eigenvalue weighted by Gasteiger charge is 2.18. The van der Waals surface area contributed by atoms with E-state index in [4.69, 9.17) is 9.68 Å². The first-order valence-electron chi connectivity index (χ1n) is 5.51. The Morgan fingerprint density at radius 2 is 2.06 bits per heavy atom. The van der Waals surface area contributed by atoms with Crippen molar-refractivity contribution in [2.24, 2.45) is 0 Å².